The summed E-state index contributed by atoms with van der Waals surface area (Å²) in [5.74, 6) is 6.18. The van der Waals surface area contributed by atoms with E-state index < -0.39 is 0 Å². The number of nitrogens with zero attached hydrogens (tertiary/aromatic N) is 1. The molecule has 0 saturated carbocycles. The Balaban J connectivity index is 1.91. The van der Waals surface area contributed by atoms with Crippen molar-refractivity contribution in [1.29, 1.82) is 0 Å². The SMILES string of the molecule is OCCCCOCC#CCN1CCCCC1. The fourth-order valence-electron chi connectivity index (χ4n) is 1.78. The van der Waals surface area contributed by atoms with Gasteiger partial charge in [-0.1, -0.05) is 18.3 Å². The third-order valence-corrected chi connectivity index (χ3v) is 2.75. The van der Waals surface area contributed by atoms with Gasteiger partial charge in [0.25, 0.3) is 0 Å². The monoisotopic (exact) mass is 225 g/mol. The Morgan fingerprint density at radius 2 is 1.88 bits per heavy atom. The van der Waals surface area contributed by atoms with Gasteiger partial charge in [-0.05, 0) is 38.8 Å². The second kappa shape index (κ2) is 9.65. The zero-order chi connectivity index (χ0) is 11.5. The maximum absolute atomic E-state index is 8.56. The second-order valence-corrected chi connectivity index (χ2v) is 4.17. The Labute approximate surface area is 98.8 Å². The van der Waals surface area contributed by atoms with Crippen LogP contribution in [0.5, 0.6) is 0 Å². The third-order valence-electron chi connectivity index (χ3n) is 2.75. The van der Waals surface area contributed by atoms with Crippen molar-refractivity contribution in [2.45, 2.75) is 32.1 Å². The Bertz CT molecular complexity index is 214. The summed E-state index contributed by atoms with van der Waals surface area (Å²) in [6, 6.07) is 0. The summed E-state index contributed by atoms with van der Waals surface area (Å²) in [5, 5.41) is 8.56. The van der Waals surface area contributed by atoms with Crippen LogP contribution >= 0.6 is 0 Å². The highest BCUT2D eigenvalue weighted by atomic mass is 16.5. The van der Waals surface area contributed by atoms with E-state index in [1.165, 1.54) is 32.4 Å². The molecule has 0 aromatic rings. The number of hydrogen-bond acceptors (Lipinski definition) is 3. The number of piperidine rings is 1. The van der Waals surface area contributed by atoms with Gasteiger partial charge in [0.05, 0.1) is 6.54 Å². The van der Waals surface area contributed by atoms with Crippen LogP contribution in [0.4, 0.5) is 0 Å². The van der Waals surface area contributed by atoms with Crippen LogP contribution in [0.1, 0.15) is 32.1 Å². The molecule has 0 radical (unpaired) electrons. The molecule has 1 rings (SSSR count). The minimum absolute atomic E-state index is 0.254. The summed E-state index contributed by atoms with van der Waals surface area (Å²) >= 11 is 0. The van der Waals surface area contributed by atoms with E-state index in [1.54, 1.807) is 0 Å². The van der Waals surface area contributed by atoms with Crippen LogP contribution in [-0.4, -0.2) is 49.5 Å². The quantitative estimate of drug-likeness (QED) is 0.546. The van der Waals surface area contributed by atoms with Crippen molar-refractivity contribution in [3.8, 4) is 11.8 Å². The topological polar surface area (TPSA) is 32.7 Å². The second-order valence-electron chi connectivity index (χ2n) is 4.17. The standard InChI is InChI=1S/C13H23NO2/c15-11-5-7-13-16-12-6-4-10-14-8-2-1-3-9-14/h15H,1-3,5,7-13H2. The average Bonchev–Trinajstić information content (AvgIpc) is 2.34. The Hall–Kier alpha value is -0.560. The smallest absolute Gasteiger partial charge is 0.107 e. The van der Waals surface area contributed by atoms with E-state index >= 15 is 0 Å². The summed E-state index contributed by atoms with van der Waals surface area (Å²) in [4.78, 5) is 2.41. The first kappa shape index (κ1) is 13.5. The predicted octanol–water partition coefficient (Wildman–Crippen LogP) is 1.26. The lowest BCUT2D eigenvalue weighted by Gasteiger charge is -2.23. The van der Waals surface area contributed by atoms with Gasteiger partial charge in [-0.2, -0.15) is 0 Å². The summed E-state index contributed by atoms with van der Waals surface area (Å²) in [6.07, 6.45) is 5.75. The van der Waals surface area contributed by atoms with Crippen molar-refractivity contribution in [2.24, 2.45) is 0 Å². The van der Waals surface area contributed by atoms with Crippen molar-refractivity contribution in [3.05, 3.63) is 0 Å². The van der Waals surface area contributed by atoms with Crippen LogP contribution in [0.2, 0.25) is 0 Å². The molecular formula is C13H23NO2. The Morgan fingerprint density at radius 1 is 1.06 bits per heavy atom. The van der Waals surface area contributed by atoms with Crippen LogP contribution in [-0.2, 0) is 4.74 Å². The molecule has 1 heterocycles. The van der Waals surface area contributed by atoms with E-state index in [0.717, 1.165) is 19.4 Å². The van der Waals surface area contributed by atoms with E-state index in [9.17, 15) is 0 Å². The molecule has 0 unspecified atom stereocenters. The number of unbranched alkanes of at least 4 members (excludes halogenated alkanes) is 1. The van der Waals surface area contributed by atoms with Crippen LogP contribution in [0, 0.1) is 11.8 Å². The number of rotatable bonds is 6. The van der Waals surface area contributed by atoms with E-state index in [2.05, 4.69) is 16.7 Å². The molecule has 1 aliphatic rings. The van der Waals surface area contributed by atoms with Gasteiger partial charge in [-0.25, -0.2) is 0 Å². The molecule has 0 amide bonds. The van der Waals surface area contributed by atoms with E-state index in [4.69, 9.17) is 9.84 Å². The van der Waals surface area contributed by atoms with Gasteiger partial charge in [0.15, 0.2) is 0 Å². The summed E-state index contributed by atoms with van der Waals surface area (Å²) in [7, 11) is 0. The van der Waals surface area contributed by atoms with Gasteiger partial charge in [-0.3, -0.25) is 4.90 Å². The molecule has 0 aliphatic carbocycles. The van der Waals surface area contributed by atoms with Crippen LogP contribution in [0.25, 0.3) is 0 Å². The van der Waals surface area contributed by atoms with Crippen LogP contribution < -0.4 is 0 Å². The average molecular weight is 225 g/mol. The molecular weight excluding hydrogens is 202 g/mol. The number of ether oxygens (including phenoxy) is 1. The minimum atomic E-state index is 0.254. The van der Waals surface area contributed by atoms with Gasteiger partial charge < -0.3 is 9.84 Å². The highest BCUT2D eigenvalue weighted by Gasteiger charge is 2.07. The van der Waals surface area contributed by atoms with Crippen LogP contribution in [0.3, 0.4) is 0 Å². The van der Waals surface area contributed by atoms with E-state index in [1.807, 2.05) is 0 Å². The first-order chi connectivity index (χ1) is 7.93. The summed E-state index contributed by atoms with van der Waals surface area (Å²) < 4.78 is 5.32. The lowest BCUT2D eigenvalue weighted by Crippen LogP contribution is -2.29. The van der Waals surface area contributed by atoms with Gasteiger partial charge in [0.2, 0.25) is 0 Å². The molecule has 0 atom stereocenters. The highest BCUT2D eigenvalue weighted by molar-refractivity contribution is 5.01. The van der Waals surface area contributed by atoms with Crippen molar-refractivity contribution in [3.63, 3.8) is 0 Å². The lowest BCUT2D eigenvalue weighted by molar-refractivity contribution is 0.154. The number of likely N-dealkylation sites (tertiary alicyclic amines) is 1. The first-order valence-electron chi connectivity index (χ1n) is 6.30. The maximum atomic E-state index is 8.56. The fraction of sp³-hybridized carbons (Fsp3) is 0.846. The molecule has 1 saturated heterocycles. The zero-order valence-electron chi connectivity index (χ0n) is 10.1. The molecule has 0 bridgehead atoms. The van der Waals surface area contributed by atoms with Crippen molar-refractivity contribution in [2.75, 3.05) is 39.5 Å². The predicted molar refractivity (Wildman–Crippen MR) is 65.2 cm³/mol. The molecule has 0 aromatic heterocycles. The van der Waals surface area contributed by atoms with Crippen molar-refractivity contribution < 1.29 is 9.84 Å². The maximum Gasteiger partial charge on any atom is 0.107 e. The largest absolute Gasteiger partial charge is 0.396 e. The summed E-state index contributed by atoms with van der Waals surface area (Å²) in [6.45, 7) is 4.78. The highest BCUT2D eigenvalue weighted by Crippen LogP contribution is 2.06. The number of aliphatic hydroxyl groups excluding tert-OH is 1. The third kappa shape index (κ3) is 6.84. The van der Waals surface area contributed by atoms with Gasteiger partial charge in [0.1, 0.15) is 6.61 Å². The molecule has 3 heteroatoms. The fourth-order valence-corrected chi connectivity index (χ4v) is 1.78. The summed E-state index contributed by atoms with van der Waals surface area (Å²) in [5.41, 5.74) is 0. The molecule has 0 aromatic carbocycles. The Morgan fingerprint density at radius 3 is 2.62 bits per heavy atom. The van der Waals surface area contributed by atoms with E-state index in [-0.39, 0.29) is 6.61 Å². The normalized spacial score (nSPS) is 16.8. The first-order valence-corrected chi connectivity index (χ1v) is 6.30. The lowest BCUT2D eigenvalue weighted by atomic mass is 10.1. The Kier molecular flexibility index (Phi) is 8.15. The molecule has 92 valence electrons. The molecule has 16 heavy (non-hydrogen) atoms. The molecule has 1 N–H and O–H groups in total. The minimum Gasteiger partial charge on any atom is -0.396 e. The van der Waals surface area contributed by atoms with Gasteiger partial charge >= 0.3 is 0 Å². The van der Waals surface area contributed by atoms with E-state index in [0.29, 0.717) is 13.2 Å². The van der Waals surface area contributed by atoms with Gasteiger partial charge in [0, 0.05) is 13.2 Å². The molecule has 1 aliphatic heterocycles. The number of aliphatic hydroxyl groups is 1. The van der Waals surface area contributed by atoms with Gasteiger partial charge in [-0.15, -0.1) is 0 Å². The van der Waals surface area contributed by atoms with Crippen molar-refractivity contribution >= 4 is 0 Å². The molecule has 0 spiro atoms. The molecule has 1 fully saturated rings. The molecule has 3 nitrogen and oxygen atoms in total. The van der Waals surface area contributed by atoms with Crippen LogP contribution in [0.15, 0.2) is 0 Å². The zero-order valence-corrected chi connectivity index (χ0v) is 10.1. The number of hydrogen-bond donors (Lipinski definition) is 1. The van der Waals surface area contributed by atoms with Crippen molar-refractivity contribution in [1.82, 2.24) is 4.90 Å².